The number of pyridine rings is 1. The third kappa shape index (κ3) is 2.17. The maximum Gasteiger partial charge on any atom is 0.262 e. The molecule has 0 saturated carbocycles. The van der Waals surface area contributed by atoms with Gasteiger partial charge in [-0.25, -0.2) is 0 Å². The maximum absolute atomic E-state index is 11.5. The zero-order valence-corrected chi connectivity index (χ0v) is 8.85. The number of amides is 1. The first-order valence-corrected chi connectivity index (χ1v) is 4.60. The van der Waals surface area contributed by atoms with Gasteiger partial charge in [-0.1, -0.05) is 0 Å². The summed E-state index contributed by atoms with van der Waals surface area (Å²) in [7, 11) is 0. The van der Waals surface area contributed by atoms with Crippen LogP contribution in [0.3, 0.4) is 0 Å². The molecule has 4 heteroatoms. The van der Waals surface area contributed by atoms with E-state index in [9.17, 15) is 4.79 Å². The normalized spacial score (nSPS) is 9.50. The van der Waals surface area contributed by atoms with E-state index < -0.39 is 0 Å². The van der Waals surface area contributed by atoms with Crippen LogP contribution in [0.5, 0.6) is 0 Å². The van der Waals surface area contributed by atoms with Crippen molar-refractivity contribution in [2.24, 2.45) is 0 Å². The molecule has 1 aromatic rings. The van der Waals surface area contributed by atoms with Gasteiger partial charge in [0.05, 0.1) is 22.9 Å². The van der Waals surface area contributed by atoms with Crippen LogP contribution in [-0.2, 0) is 0 Å². The van der Waals surface area contributed by atoms with Crippen LogP contribution >= 0.6 is 22.9 Å². The Morgan fingerprint density at radius 1 is 1.58 bits per heavy atom. The van der Waals surface area contributed by atoms with E-state index >= 15 is 0 Å². The van der Waals surface area contributed by atoms with Crippen molar-refractivity contribution in [3.05, 3.63) is 30.1 Å². The molecule has 0 fully saturated rings. The van der Waals surface area contributed by atoms with E-state index in [2.05, 4.69) is 4.98 Å². The molecule has 12 heavy (non-hydrogen) atoms. The lowest BCUT2D eigenvalue weighted by Crippen LogP contribution is -2.19. The molecule has 0 saturated heterocycles. The molecule has 1 heterocycles. The van der Waals surface area contributed by atoms with E-state index in [1.807, 2.05) is 29.8 Å². The number of halogens is 1. The molecule has 0 aromatic carbocycles. The molecule has 0 N–H and O–H groups in total. The summed E-state index contributed by atoms with van der Waals surface area (Å²) in [5.41, 5.74) is 0.682. The highest BCUT2D eigenvalue weighted by molar-refractivity contribution is 14.1. The molecular formula is C8H9IN2O. The number of hydrogen-bond donors (Lipinski definition) is 0. The molecule has 0 atom stereocenters. The smallest absolute Gasteiger partial charge is 0.262 e. The van der Waals surface area contributed by atoms with Crippen molar-refractivity contribution >= 4 is 28.8 Å². The molecule has 0 unspecified atom stereocenters. The van der Waals surface area contributed by atoms with E-state index in [0.29, 0.717) is 12.1 Å². The van der Waals surface area contributed by atoms with Crippen LogP contribution in [0.15, 0.2) is 24.5 Å². The van der Waals surface area contributed by atoms with Crippen molar-refractivity contribution in [1.29, 1.82) is 0 Å². The van der Waals surface area contributed by atoms with Crippen molar-refractivity contribution < 1.29 is 4.79 Å². The van der Waals surface area contributed by atoms with E-state index in [1.165, 1.54) is 0 Å². The summed E-state index contributed by atoms with van der Waals surface area (Å²) in [5.74, 6) is 0.0282. The molecule has 64 valence electrons. The van der Waals surface area contributed by atoms with Crippen molar-refractivity contribution in [1.82, 2.24) is 8.10 Å². The molecule has 0 aliphatic rings. The second-order valence-corrected chi connectivity index (χ2v) is 3.38. The van der Waals surface area contributed by atoms with Crippen LogP contribution in [0.1, 0.15) is 17.3 Å². The Kier molecular flexibility index (Phi) is 3.46. The summed E-state index contributed by atoms with van der Waals surface area (Å²) in [6, 6.07) is 3.42. The van der Waals surface area contributed by atoms with E-state index in [1.54, 1.807) is 27.6 Å². The van der Waals surface area contributed by atoms with Gasteiger partial charge < -0.3 is 0 Å². The van der Waals surface area contributed by atoms with Crippen LogP contribution in [0.2, 0.25) is 0 Å². The van der Waals surface area contributed by atoms with Gasteiger partial charge in [0, 0.05) is 24.5 Å². The van der Waals surface area contributed by atoms with Crippen LogP contribution in [0, 0.1) is 0 Å². The van der Waals surface area contributed by atoms with E-state index in [-0.39, 0.29) is 5.91 Å². The van der Waals surface area contributed by atoms with Gasteiger partial charge in [0.25, 0.3) is 5.91 Å². The van der Waals surface area contributed by atoms with Crippen LogP contribution < -0.4 is 0 Å². The molecule has 1 aromatic heterocycles. The van der Waals surface area contributed by atoms with Gasteiger partial charge in [-0.2, -0.15) is 0 Å². The molecule has 0 aliphatic carbocycles. The summed E-state index contributed by atoms with van der Waals surface area (Å²) in [4.78, 5) is 15.3. The van der Waals surface area contributed by atoms with Gasteiger partial charge >= 0.3 is 0 Å². The van der Waals surface area contributed by atoms with Gasteiger partial charge in [-0.05, 0) is 19.1 Å². The van der Waals surface area contributed by atoms with E-state index in [4.69, 9.17) is 0 Å². The fourth-order valence-corrected chi connectivity index (χ4v) is 1.06. The van der Waals surface area contributed by atoms with Crippen LogP contribution in [0.4, 0.5) is 0 Å². The summed E-state index contributed by atoms with van der Waals surface area (Å²) < 4.78 is 1.63. The number of carbonyl (C=O) groups is 1. The second-order valence-electron chi connectivity index (χ2n) is 2.22. The third-order valence-corrected chi connectivity index (χ3v) is 2.55. The van der Waals surface area contributed by atoms with Gasteiger partial charge in [0.1, 0.15) is 0 Å². The average molecular weight is 276 g/mol. The largest absolute Gasteiger partial charge is 0.281 e. The lowest BCUT2D eigenvalue weighted by molar-refractivity contribution is 0.0892. The predicted molar refractivity (Wildman–Crippen MR) is 55.0 cm³/mol. The Morgan fingerprint density at radius 2 is 2.17 bits per heavy atom. The molecule has 0 aliphatic heterocycles. The Hall–Kier alpha value is -0.650. The maximum atomic E-state index is 11.5. The minimum atomic E-state index is 0.0282. The molecular weight excluding hydrogens is 267 g/mol. The fourth-order valence-electron chi connectivity index (χ4n) is 0.778. The van der Waals surface area contributed by atoms with Crippen LogP contribution in [0.25, 0.3) is 0 Å². The standard InChI is InChI=1S/C8H9IN2O/c1-2-11(9)8(12)7-3-5-10-6-4-7/h3-6H,2H2,1H3. The molecule has 3 nitrogen and oxygen atoms in total. The number of carbonyl (C=O) groups excluding carboxylic acids is 1. The Labute approximate surface area is 85.3 Å². The average Bonchev–Trinajstić information content (AvgIpc) is 2.17. The minimum absolute atomic E-state index is 0.0282. The molecule has 1 rings (SSSR count). The van der Waals surface area contributed by atoms with E-state index in [0.717, 1.165) is 0 Å². The lowest BCUT2D eigenvalue weighted by atomic mass is 10.2. The SMILES string of the molecule is CCN(I)C(=O)c1ccncc1. The summed E-state index contributed by atoms with van der Waals surface area (Å²) in [6.07, 6.45) is 3.24. The van der Waals surface area contributed by atoms with Gasteiger partial charge in [-0.15, -0.1) is 0 Å². The molecule has 1 amide bonds. The van der Waals surface area contributed by atoms with Crippen molar-refractivity contribution in [2.45, 2.75) is 6.92 Å². The van der Waals surface area contributed by atoms with Gasteiger partial charge in [0.15, 0.2) is 0 Å². The molecule has 0 spiro atoms. The summed E-state index contributed by atoms with van der Waals surface area (Å²) in [6.45, 7) is 2.65. The van der Waals surface area contributed by atoms with Crippen molar-refractivity contribution in [2.75, 3.05) is 6.54 Å². The van der Waals surface area contributed by atoms with Gasteiger partial charge in [-0.3, -0.25) is 12.9 Å². The van der Waals surface area contributed by atoms with Crippen molar-refractivity contribution in [3.8, 4) is 0 Å². The first-order chi connectivity index (χ1) is 5.75. The zero-order chi connectivity index (χ0) is 8.97. The number of rotatable bonds is 2. The third-order valence-electron chi connectivity index (χ3n) is 1.43. The zero-order valence-electron chi connectivity index (χ0n) is 6.70. The Morgan fingerprint density at radius 3 is 2.67 bits per heavy atom. The quantitative estimate of drug-likeness (QED) is 0.610. The molecule has 0 radical (unpaired) electrons. The number of aromatic nitrogens is 1. The number of nitrogens with zero attached hydrogens (tertiary/aromatic N) is 2. The highest BCUT2D eigenvalue weighted by atomic mass is 127. The second kappa shape index (κ2) is 4.39. The fraction of sp³-hybridized carbons (Fsp3) is 0.250. The first-order valence-electron chi connectivity index (χ1n) is 3.63. The summed E-state index contributed by atoms with van der Waals surface area (Å²) >= 11 is 2.00. The Balaban J connectivity index is 2.79. The van der Waals surface area contributed by atoms with Crippen molar-refractivity contribution in [3.63, 3.8) is 0 Å². The monoisotopic (exact) mass is 276 g/mol. The van der Waals surface area contributed by atoms with Crippen LogP contribution in [-0.4, -0.2) is 20.5 Å². The topological polar surface area (TPSA) is 33.2 Å². The number of hydrogen-bond acceptors (Lipinski definition) is 2. The minimum Gasteiger partial charge on any atom is -0.281 e. The summed E-state index contributed by atoms with van der Waals surface area (Å²) in [5, 5.41) is 0. The highest BCUT2D eigenvalue weighted by Gasteiger charge is 2.09. The highest BCUT2D eigenvalue weighted by Crippen LogP contribution is 2.07. The Bertz CT molecular complexity index is 263. The predicted octanol–water partition coefficient (Wildman–Crippen LogP) is 1.89. The first kappa shape index (κ1) is 9.44. The molecule has 0 bridgehead atoms. The van der Waals surface area contributed by atoms with Gasteiger partial charge in [0.2, 0.25) is 0 Å². The lowest BCUT2D eigenvalue weighted by Gasteiger charge is -2.10.